The third-order valence-electron chi connectivity index (χ3n) is 7.59. The lowest BCUT2D eigenvalue weighted by molar-refractivity contribution is 0.00578. The van der Waals surface area contributed by atoms with Crippen molar-refractivity contribution in [1.29, 1.82) is 0 Å². The second-order valence-electron chi connectivity index (χ2n) is 11.3. The highest BCUT2D eigenvalue weighted by atomic mass is 28.4. The molecule has 5 nitrogen and oxygen atoms in total. The number of rotatable bonds is 4. The summed E-state index contributed by atoms with van der Waals surface area (Å²) in [5.41, 5.74) is -0.316. The molecule has 7 heteroatoms. The van der Waals surface area contributed by atoms with E-state index in [-0.39, 0.29) is 22.9 Å². The van der Waals surface area contributed by atoms with Crippen LogP contribution in [0, 0.1) is 6.85 Å². The van der Waals surface area contributed by atoms with Gasteiger partial charge in [0.05, 0.1) is 17.2 Å². The molecule has 1 aliphatic heterocycles. The molecular weight excluding hydrogens is 379 g/mol. The predicted octanol–water partition coefficient (Wildman–Crippen LogP) is 5.00. The second kappa shape index (κ2) is 7.50. The lowest BCUT2D eigenvalue weighted by Gasteiger charge is -2.41. The Hall–Kier alpha value is -0.628. The number of hydrogen-bond acceptors (Lipinski definition) is 4. The highest BCUT2D eigenvalue weighted by Crippen LogP contribution is 2.41. The van der Waals surface area contributed by atoms with Gasteiger partial charge in [0.25, 0.3) is 0 Å². The molecular formula is C22H41BN2O3Si. The number of nitrogens with zero attached hydrogens (tertiary/aromatic N) is 2. The Balaban J connectivity index is 1.79. The Morgan fingerprint density at radius 3 is 2.17 bits per heavy atom. The minimum Gasteiger partial charge on any atom is -0.414 e. The predicted molar refractivity (Wildman–Crippen MR) is 122 cm³/mol. The largest absolute Gasteiger partial charge is 0.498 e. The van der Waals surface area contributed by atoms with Crippen molar-refractivity contribution in [2.24, 2.45) is 0 Å². The maximum absolute atomic E-state index is 8.22. The van der Waals surface area contributed by atoms with Crippen LogP contribution in [0.4, 0.5) is 0 Å². The lowest BCUT2D eigenvalue weighted by Crippen LogP contribution is -2.44. The molecule has 164 valence electrons. The van der Waals surface area contributed by atoms with E-state index >= 15 is 0 Å². The number of hydrogen-bond donors (Lipinski definition) is 0. The molecule has 29 heavy (non-hydrogen) atoms. The van der Waals surface area contributed by atoms with Gasteiger partial charge in [-0.1, -0.05) is 20.8 Å². The average molecular weight is 423 g/mol. The first-order valence-electron chi connectivity index (χ1n) is 12.5. The molecule has 0 amide bonds. The first-order chi connectivity index (χ1) is 14.4. The first-order valence-corrected chi connectivity index (χ1v) is 13.9. The molecule has 2 aliphatic rings. The van der Waals surface area contributed by atoms with Crippen LogP contribution in [0.15, 0.2) is 6.20 Å². The van der Waals surface area contributed by atoms with Crippen molar-refractivity contribution in [3.63, 3.8) is 0 Å². The average Bonchev–Trinajstić information content (AvgIpc) is 3.13. The minimum absolute atomic E-state index is 0.0425. The van der Waals surface area contributed by atoms with Gasteiger partial charge in [-0.2, -0.15) is 5.10 Å². The van der Waals surface area contributed by atoms with E-state index in [0.29, 0.717) is 5.46 Å². The summed E-state index contributed by atoms with van der Waals surface area (Å²) in [5.74, 6) is 0. The molecule has 0 atom stereocenters. The van der Waals surface area contributed by atoms with E-state index in [0.717, 1.165) is 25.7 Å². The van der Waals surface area contributed by atoms with E-state index < -0.39 is 33.5 Å². The second-order valence-corrected chi connectivity index (χ2v) is 16.0. The first kappa shape index (κ1) is 19.1. The van der Waals surface area contributed by atoms with Gasteiger partial charge in [-0.3, -0.25) is 4.68 Å². The Labute approximate surface area is 183 Å². The molecule has 0 radical (unpaired) electrons. The van der Waals surface area contributed by atoms with E-state index in [1.807, 2.05) is 27.7 Å². The summed E-state index contributed by atoms with van der Waals surface area (Å²) >= 11 is 0. The Morgan fingerprint density at radius 2 is 1.69 bits per heavy atom. The van der Waals surface area contributed by atoms with E-state index in [9.17, 15) is 0 Å². The Kier molecular flexibility index (Phi) is 4.94. The van der Waals surface area contributed by atoms with Gasteiger partial charge in [-0.05, 0) is 78.4 Å². The lowest BCUT2D eigenvalue weighted by atomic mass is 9.79. The fourth-order valence-corrected chi connectivity index (χ4v) is 5.22. The molecule has 0 spiro atoms. The van der Waals surface area contributed by atoms with Gasteiger partial charge in [0.2, 0.25) is 0 Å². The van der Waals surface area contributed by atoms with E-state index in [2.05, 4.69) is 39.0 Å². The standard InChI is InChI=1S/C22H41BN2O3Si/c1-16-19(23-27-21(5,6)22(7,8)28-23)15-24-25(16)17-11-13-18(14-12-17)26-29(9,10)20(2,3)4/h15,17-18H,11-14H2,1-10H3/i1D3. The molecule has 3 rings (SSSR count). The minimum atomic E-state index is -2.30. The fraction of sp³-hybridized carbons (Fsp3) is 0.864. The van der Waals surface area contributed by atoms with E-state index in [4.69, 9.17) is 17.8 Å². The molecule has 2 fully saturated rings. The van der Waals surface area contributed by atoms with E-state index in [1.54, 1.807) is 10.9 Å². The Bertz CT molecular complexity index is 809. The maximum Gasteiger partial charge on any atom is 0.498 e. The zero-order valence-corrected chi connectivity index (χ0v) is 20.8. The van der Waals surface area contributed by atoms with Crippen LogP contribution in [0.2, 0.25) is 18.1 Å². The van der Waals surface area contributed by atoms with Crippen molar-refractivity contribution < 1.29 is 17.8 Å². The molecule has 1 saturated carbocycles. The summed E-state index contributed by atoms with van der Waals surface area (Å²) in [6.07, 6.45) is 5.41. The molecule has 1 saturated heterocycles. The smallest absolute Gasteiger partial charge is 0.414 e. The van der Waals surface area contributed by atoms with Crippen molar-refractivity contribution in [3.8, 4) is 0 Å². The van der Waals surface area contributed by atoms with Crippen molar-refractivity contribution in [3.05, 3.63) is 11.9 Å². The van der Waals surface area contributed by atoms with Gasteiger partial charge in [-0.15, -0.1) is 0 Å². The van der Waals surface area contributed by atoms with Crippen LogP contribution in [0.25, 0.3) is 0 Å². The fourth-order valence-electron chi connectivity index (χ4n) is 3.80. The normalized spacial score (nSPS) is 29.4. The van der Waals surface area contributed by atoms with Gasteiger partial charge in [0, 0.05) is 27.6 Å². The third kappa shape index (κ3) is 4.39. The van der Waals surface area contributed by atoms with Gasteiger partial charge in [-0.25, -0.2) is 0 Å². The zero-order valence-electron chi connectivity index (χ0n) is 22.8. The molecule has 1 aromatic heterocycles. The molecule has 0 N–H and O–H groups in total. The number of aromatic nitrogens is 2. The molecule has 1 aliphatic carbocycles. The van der Waals surface area contributed by atoms with Crippen molar-refractivity contribution >= 4 is 20.9 Å². The third-order valence-corrected chi connectivity index (χ3v) is 12.1. The van der Waals surface area contributed by atoms with Crippen LogP contribution >= 0.6 is 0 Å². The summed E-state index contributed by atoms with van der Waals surface area (Å²) < 4.78 is 45.3. The van der Waals surface area contributed by atoms with Crippen LogP contribution in [0.5, 0.6) is 0 Å². The van der Waals surface area contributed by atoms with Gasteiger partial charge < -0.3 is 13.7 Å². The van der Waals surface area contributed by atoms with Gasteiger partial charge >= 0.3 is 7.12 Å². The van der Waals surface area contributed by atoms with E-state index in [1.165, 1.54) is 0 Å². The van der Waals surface area contributed by atoms with Crippen molar-refractivity contribution in [2.45, 2.75) is 122 Å². The van der Waals surface area contributed by atoms with Gasteiger partial charge in [0.1, 0.15) is 0 Å². The van der Waals surface area contributed by atoms with Crippen LogP contribution in [0.3, 0.4) is 0 Å². The quantitative estimate of drug-likeness (QED) is 0.640. The van der Waals surface area contributed by atoms with Crippen molar-refractivity contribution in [2.75, 3.05) is 0 Å². The molecule has 0 aromatic carbocycles. The van der Waals surface area contributed by atoms with Crippen LogP contribution < -0.4 is 5.46 Å². The highest BCUT2D eigenvalue weighted by Gasteiger charge is 2.52. The van der Waals surface area contributed by atoms with Crippen LogP contribution in [0.1, 0.15) is 90.0 Å². The highest BCUT2D eigenvalue weighted by molar-refractivity contribution is 6.74. The summed E-state index contributed by atoms with van der Waals surface area (Å²) in [6, 6.07) is 0.0425. The summed E-state index contributed by atoms with van der Waals surface area (Å²) in [6.45, 7) is 16.9. The van der Waals surface area contributed by atoms with Crippen LogP contribution in [-0.4, -0.2) is 42.5 Å². The van der Waals surface area contributed by atoms with Gasteiger partial charge in [0.15, 0.2) is 8.32 Å². The molecule has 0 unspecified atom stereocenters. The Morgan fingerprint density at radius 1 is 1.14 bits per heavy atom. The zero-order chi connectivity index (χ0) is 24.3. The monoisotopic (exact) mass is 423 g/mol. The summed E-state index contributed by atoms with van der Waals surface area (Å²) in [5, 5.41) is 4.73. The summed E-state index contributed by atoms with van der Waals surface area (Å²) in [4.78, 5) is 0. The van der Waals surface area contributed by atoms with Crippen molar-refractivity contribution in [1.82, 2.24) is 9.78 Å². The topological polar surface area (TPSA) is 45.5 Å². The molecule has 0 bridgehead atoms. The molecule has 2 heterocycles. The van der Waals surface area contributed by atoms with Crippen LogP contribution in [-0.2, 0) is 13.7 Å². The maximum atomic E-state index is 8.22. The summed E-state index contributed by atoms with van der Waals surface area (Å²) in [7, 11) is -2.55. The molecule has 1 aromatic rings. The SMILES string of the molecule is [2H]C([2H])([2H])c1c(B2OC(C)(C)C(C)(C)O2)cnn1C1CCC(O[Si](C)(C)C(C)(C)C)CC1.